The first-order valence-electron chi connectivity index (χ1n) is 5.87. The lowest BCUT2D eigenvalue weighted by atomic mass is 10.2. The van der Waals surface area contributed by atoms with Gasteiger partial charge in [0, 0.05) is 25.3 Å². The molecule has 98 valence electrons. The molecule has 0 bridgehead atoms. The summed E-state index contributed by atoms with van der Waals surface area (Å²) in [6.07, 6.45) is 0. The lowest BCUT2D eigenvalue weighted by Crippen LogP contribution is -2.27. The first kappa shape index (κ1) is 14.2. The van der Waals surface area contributed by atoms with Crippen molar-refractivity contribution >= 4 is 17.5 Å². The number of nitrogens with zero attached hydrogens (tertiary/aromatic N) is 1. The van der Waals surface area contributed by atoms with Crippen LogP contribution in [0.15, 0.2) is 24.3 Å². The summed E-state index contributed by atoms with van der Waals surface area (Å²) in [4.78, 5) is 24.6. The molecule has 5 heteroatoms. The van der Waals surface area contributed by atoms with E-state index in [0.717, 1.165) is 6.54 Å². The van der Waals surface area contributed by atoms with E-state index in [2.05, 4.69) is 10.6 Å². The third-order valence-electron chi connectivity index (χ3n) is 2.36. The van der Waals surface area contributed by atoms with Crippen molar-refractivity contribution in [3.05, 3.63) is 29.8 Å². The van der Waals surface area contributed by atoms with Crippen molar-refractivity contribution < 1.29 is 9.59 Å². The zero-order chi connectivity index (χ0) is 13.5. The van der Waals surface area contributed by atoms with E-state index >= 15 is 0 Å². The van der Waals surface area contributed by atoms with Crippen LogP contribution in [0.2, 0.25) is 0 Å². The van der Waals surface area contributed by atoms with E-state index in [1.165, 1.54) is 4.90 Å². The van der Waals surface area contributed by atoms with Gasteiger partial charge < -0.3 is 15.5 Å². The van der Waals surface area contributed by atoms with Crippen molar-refractivity contribution in [3.8, 4) is 0 Å². The van der Waals surface area contributed by atoms with E-state index in [4.69, 9.17) is 0 Å². The van der Waals surface area contributed by atoms with Gasteiger partial charge in [0.1, 0.15) is 0 Å². The number of likely N-dealkylation sites (N-methyl/N-ethyl adjacent to an activating group) is 1. The Morgan fingerprint density at radius 3 is 2.28 bits per heavy atom. The third kappa shape index (κ3) is 4.18. The number of carbonyl (C=O) groups is 2. The Morgan fingerprint density at radius 2 is 1.78 bits per heavy atom. The van der Waals surface area contributed by atoms with E-state index in [0.29, 0.717) is 11.3 Å². The first-order valence-corrected chi connectivity index (χ1v) is 5.87. The maximum atomic E-state index is 11.6. The van der Waals surface area contributed by atoms with Crippen LogP contribution < -0.4 is 10.6 Å². The fourth-order valence-electron chi connectivity index (χ4n) is 1.40. The van der Waals surface area contributed by atoms with E-state index in [-0.39, 0.29) is 18.4 Å². The largest absolute Gasteiger partial charge is 0.345 e. The molecule has 0 aliphatic carbocycles. The Kier molecular flexibility index (Phi) is 5.32. The summed E-state index contributed by atoms with van der Waals surface area (Å²) in [6.45, 7) is 2.98. The highest BCUT2D eigenvalue weighted by molar-refractivity contribution is 5.95. The van der Waals surface area contributed by atoms with Gasteiger partial charge in [0.2, 0.25) is 5.91 Å². The third-order valence-corrected chi connectivity index (χ3v) is 2.36. The zero-order valence-corrected chi connectivity index (χ0v) is 11.0. The van der Waals surface area contributed by atoms with Crippen molar-refractivity contribution in [2.75, 3.05) is 32.5 Å². The Bertz CT molecular complexity index is 413. The van der Waals surface area contributed by atoms with Crippen molar-refractivity contribution in [3.63, 3.8) is 0 Å². The molecule has 18 heavy (non-hydrogen) atoms. The number of nitrogens with one attached hydrogen (secondary N) is 2. The summed E-state index contributed by atoms with van der Waals surface area (Å²) >= 11 is 0. The second-order valence-electron chi connectivity index (χ2n) is 4.11. The van der Waals surface area contributed by atoms with Crippen LogP contribution in [0.25, 0.3) is 0 Å². The summed E-state index contributed by atoms with van der Waals surface area (Å²) in [6, 6.07) is 6.84. The number of benzene rings is 1. The van der Waals surface area contributed by atoms with Crippen molar-refractivity contribution in [1.29, 1.82) is 0 Å². The highest BCUT2D eigenvalue weighted by Crippen LogP contribution is 2.10. The second-order valence-corrected chi connectivity index (χ2v) is 4.11. The topological polar surface area (TPSA) is 61.4 Å². The molecule has 1 rings (SSSR count). The van der Waals surface area contributed by atoms with Gasteiger partial charge in [0.05, 0.1) is 6.54 Å². The maximum absolute atomic E-state index is 11.6. The molecule has 0 spiro atoms. The molecular weight excluding hydrogens is 230 g/mol. The van der Waals surface area contributed by atoms with E-state index in [1.54, 1.807) is 38.4 Å². The first-order chi connectivity index (χ1) is 8.54. The molecular formula is C13H19N3O2. The second kappa shape index (κ2) is 6.76. The predicted molar refractivity (Wildman–Crippen MR) is 71.6 cm³/mol. The van der Waals surface area contributed by atoms with Gasteiger partial charge in [0.25, 0.3) is 5.91 Å². The number of hydrogen-bond donors (Lipinski definition) is 2. The van der Waals surface area contributed by atoms with Gasteiger partial charge in [-0.15, -0.1) is 0 Å². The molecule has 0 unspecified atom stereocenters. The summed E-state index contributed by atoms with van der Waals surface area (Å²) in [5.41, 5.74) is 1.29. The molecule has 1 aromatic rings. The Hall–Kier alpha value is -1.88. The van der Waals surface area contributed by atoms with Crippen LogP contribution in [0, 0.1) is 0 Å². The van der Waals surface area contributed by atoms with Crippen LogP contribution in [0.5, 0.6) is 0 Å². The number of amides is 2. The Labute approximate surface area is 107 Å². The summed E-state index contributed by atoms with van der Waals surface area (Å²) in [5.74, 6) is -0.149. The highest BCUT2D eigenvalue weighted by Gasteiger charge is 2.07. The lowest BCUT2D eigenvalue weighted by molar-refractivity contribution is -0.115. The fraction of sp³-hybridized carbons (Fsp3) is 0.385. The standard InChI is InChI=1S/C13H19N3O2/c1-4-14-9-12(17)15-11-7-5-10(6-8-11)13(18)16(2)3/h5-8,14H,4,9H2,1-3H3,(H,15,17). The molecule has 5 nitrogen and oxygen atoms in total. The number of anilines is 1. The van der Waals surface area contributed by atoms with Gasteiger partial charge in [-0.2, -0.15) is 0 Å². The number of carbonyl (C=O) groups excluding carboxylic acids is 2. The fourth-order valence-corrected chi connectivity index (χ4v) is 1.40. The van der Waals surface area contributed by atoms with Gasteiger partial charge in [-0.1, -0.05) is 6.92 Å². The SMILES string of the molecule is CCNCC(=O)Nc1ccc(C(=O)N(C)C)cc1. The predicted octanol–water partition coefficient (Wildman–Crippen LogP) is 0.936. The zero-order valence-electron chi connectivity index (χ0n) is 11.0. The molecule has 0 saturated heterocycles. The average Bonchev–Trinajstić information content (AvgIpc) is 2.36. The van der Waals surface area contributed by atoms with Crippen molar-refractivity contribution in [2.24, 2.45) is 0 Å². The minimum Gasteiger partial charge on any atom is -0.345 e. The quantitative estimate of drug-likeness (QED) is 0.816. The van der Waals surface area contributed by atoms with Crippen LogP contribution in [0.3, 0.4) is 0 Å². The van der Waals surface area contributed by atoms with E-state index < -0.39 is 0 Å². The monoisotopic (exact) mass is 249 g/mol. The van der Waals surface area contributed by atoms with Gasteiger partial charge in [-0.05, 0) is 30.8 Å². The van der Waals surface area contributed by atoms with Crippen molar-refractivity contribution in [2.45, 2.75) is 6.92 Å². The number of hydrogen-bond acceptors (Lipinski definition) is 3. The van der Waals surface area contributed by atoms with Crippen LogP contribution >= 0.6 is 0 Å². The molecule has 0 heterocycles. The lowest BCUT2D eigenvalue weighted by Gasteiger charge is -2.11. The van der Waals surface area contributed by atoms with E-state index in [1.807, 2.05) is 6.92 Å². The molecule has 0 fully saturated rings. The van der Waals surface area contributed by atoms with Crippen LogP contribution in [0.1, 0.15) is 17.3 Å². The summed E-state index contributed by atoms with van der Waals surface area (Å²) < 4.78 is 0. The Balaban J connectivity index is 2.60. The molecule has 0 aromatic heterocycles. The smallest absolute Gasteiger partial charge is 0.253 e. The highest BCUT2D eigenvalue weighted by atomic mass is 16.2. The van der Waals surface area contributed by atoms with Gasteiger partial charge in [-0.25, -0.2) is 0 Å². The molecule has 2 amide bonds. The Morgan fingerprint density at radius 1 is 1.17 bits per heavy atom. The minimum atomic E-state index is -0.0939. The molecule has 2 N–H and O–H groups in total. The molecule has 0 aliphatic heterocycles. The van der Waals surface area contributed by atoms with E-state index in [9.17, 15) is 9.59 Å². The summed E-state index contributed by atoms with van der Waals surface area (Å²) in [5, 5.41) is 5.69. The minimum absolute atomic E-state index is 0.0551. The normalized spacial score (nSPS) is 9.94. The molecule has 1 aromatic carbocycles. The number of rotatable bonds is 5. The van der Waals surface area contributed by atoms with Crippen molar-refractivity contribution in [1.82, 2.24) is 10.2 Å². The van der Waals surface area contributed by atoms with Crippen LogP contribution in [-0.4, -0.2) is 43.9 Å². The molecule has 0 atom stereocenters. The average molecular weight is 249 g/mol. The molecule has 0 aliphatic rings. The van der Waals surface area contributed by atoms with Gasteiger partial charge >= 0.3 is 0 Å². The molecule has 0 radical (unpaired) electrons. The molecule has 0 saturated carbocycles. The maximum Gasteiger partial charge on any atom is 0.253 e. The van der Waals surface area contributed by atoms with Gasteiger partial charge in [-0.3, -0.25) is 9.59 Å². The van der Waals surface area contributed by atoms with Gasteiger partial charge in [0.15, 0.2) is 0 Å². The van der Waals surface area contributed by atoms with Crippen LogP contribution in [0.4, 0.5) is 5.69 Å². The van der Waals surface area contributed by atoms with Crippen LogP contribution in [-0.2, 0) is 4.79 Å². The summed E-state index contributed by atoms with van der Waals surface area (Å²) in [7, 11) is 3.41.